The monoisotopic (exact) mass is 303 g/mol. The van der Waals surface area contributed by atoms with E-state index in [4.69, 9.17) is 5.26 Å². The van der Waals surface area contributed by atoms with Gasteiger partial charge in [-0.15, -0.1) is 0 Å². The number of nitrogens with zero attached hydrogens (tertiary/aromatic N) is 3. The highest BCUT2D eigenvalue weighted by atomic mass is 19.4. The van der Waals surface area contributed by atoms with E-state index < -0.39 is 30.7 Å². The number of nitriles is 1. The van der Waals surface area contributed by atoms with Crippen molar-refractivity contribution >= 4 is 11.6 Å². The van der Waals surface area contributed by atoms with Crippen molar-refractivity contribution in [1.29, 1.82) is 5.26 Å². The van der Waals surface area contributed by atoms with Crippen LogP contribution in [0.3, 0.4) is 0 Å². The van der Waals surface area contributed by atoms with Crippen molar-refractivity contribution in [2.45, 2.75) is 56.8 Å². The van der Waals surface area contributed by atoms with Gasteiger partial charge in [0.1, 0.15) is 6.42 Å². The summed E-state index contributed by atoms with van der Waals surface area (Å²) in [6, 6.07) is 1.49. The molecule has 1 N–H and O–H groups in total. The third-order valence-corrected chi connectivity index (χ3v) is 4.00. The van der Waals surface area contributed by atoms with Crippen LogP contribution in [0, 0.1) is 17.2 Å². The van der Waals surface area contributed by atoms with E-state index in [2.05, 4.69) is 5.10 Å². The second kappa shape index (κ2) is 5.64. The lowest BCUT2D eigenvalue weighted by Gasteiger charge is -2.32. The largest absolute Gasteiger partial charge is 0.438 e. The first-order chi connectivity index (χ1) is 9.79. The van der Waals surface area contributed by atoms with Gasteiger partial charge in [-0.25, -0.2) is 0 Å². The maximum absolute atomic E-state index is 13.1. The van der Waals surface area contributed by atoms with Gasteiger partial charge in [0, 0.05) is 12.1 Å². The SMILES string of the molecule is N#CCC(=O)N1N=C(C2CCCCC2)C[C@@]1(O)C(F)(F)F. The van der Waals surface area contributed by atoms with Crippen molar-refractivity contribution in [3.63, 3.8) is 0 Å². The van der Waals surface area contributed by atoms with E-state index >= 15 is 0 Å². The average Bonchev–Trinajstić information content (AvgIpc) is 2.79. The number of aliphatic hydroxyl groups is 1. The highest BCUT2D eigenvalue weighted by Gasteiger charge is 2.63. The first-order valence-electron chi connectivity index (χ1n) is 6.86. The van der Waals surface area contributed by atoms with Crippen molar-refractivity contribution in [2.24, 2.45) is 11.0 Å². The molecule has 116 valence electrons. The zero-order valence-electron chi connectivity index (χ0n) is 11.4. The molecule has 2 rings (SSSR count). The van der Waals surface area contributed by atoms with E-state index in [0.29, 0.717) is 12.8 Å². The summed E-state index contributed by atoms with van der Waals surface area (Å²) in [7, 11) is 0. The van der Waals surface area contributed by atoms with E-state index in [1.807, 2.05) is 0 Å². The minimum absolute atomic E-state index is 0.0557. The lowest BCUT2D eigenvalue weighted by Crippen LogP contribution is -2.56. The molecule has 21 heavy (non-hydrogen) atoms. The first kappa shape index (κ1) is 15.8. The highest BCUT2D eigenvalue weighted by Crippen LogP contribution is 2.43. The molecule has 8 heteroatoms. The summed E-state index contributed by atoms with van der Waals surface area (Å²) in [4.78, 5) is 11.7. The van der Waals surface area contributed by atoms with Crippen LogP contribution in [-0.4, -0.2) is 33.6 Å². The number of hydrogen-bond acceptors (Lipinski definition) is 4. The molecule has 0 bridgehead atoms. The van der Waals surface area contributed by atoms with E-state index in [1.54, 1.807) is 0 Å². The number of hydrogen-bond donors (Lipinski definition) is 1. The van der Waals surface area contributed by atoms with Crippen molar-refractivity contribution < 1.29 is 23.1 Å². The summed E-state index contributed by atoms with van der Waals surface area (Å²) in [5.74, 6) is -1.27. The van der Waals surface area contributed by atoms with E-state index in [1.165, 1.54) is 6.07 Å². The molecule has 1 aliphatic heterocycles. The van der Waals surface area contributed by atoms with Crippen LogP contribution < -0.4 is 0 Å². The van der Waals surface area contributed by atoms with Crippen molar-refractivity contribution in [2.75, 3.05) is 0 Å². The lowest BCUT2D eigenvalue weighted by atomic mass is 9.83. The molecule has 0 radical (unpaired) electrons. The molecule has 1 heterocycles. The highest BCUT2D eigenvalue weighted by molar-refractivity contribution is 5.92. The van der Waals surface area contributed by atoms with Crippen LogP contribution in [0.1, 0.15) is 44.9 Å². The number of rotatable bonds is 2. The third-order valence-electron chi connectivity index (χ3n) is 4.00. The molecule has 1 atom stereocenters. The normalized spacial score (nSPS) is 27.4. The van der Waals surface area contributed by atoms with Crippen LogP contribution >= 0.6 is 0 Å². The number of halogens is 3. The van der Waals surface area contributed by atoms with Gasteiger partial charge in [0.25, 0.3) is 11.6 Å². The maximum atomic E-state index is 13.1. The van der Waals surface area contributed by atoms with Crippen molar-refractivity contribution in [3.05, 3.63) is 0 Å². The fraction of sp³-hybridized carbons (Fsp3) is 0.769. The predicted octanol–water partition coefficient (Wildman–Crippen LogP) is 2.32. The summed E-state index contributed by atoms with van der Waals surface area (Å²) >= 11 is 0. The minimum Gasteiger partial charge on any atom is -0.362 e. The quantitative estimate of drug-likeness (QED) is 0.850. The van der Waals surface area contributed by atoms with Gasteiger partial charge in [-0.2, -0.15) is 28.5 Å². The fourth-order valence-electron chi connectivity index (χ4n) is 2.86. The van der Waals surface area contributed by atoms with E-state index in [-0.39, 0.29) is 16.6 Å². The molecule has 1 saturated carbocycles. The number of hydrazone groups is 1. The summed E-state index contributed by atoms with van der Waals surface area (Å²) in [5.41, 5.74) is -3.12. The second-order valence-electron chi connectivity index (χ2n) is 5.46. The maximum Gasteiger partial charge on any atom is 0.438 e. The molecule has 1 fully saturated rings. The Morgan fingerprint density at radius 3 is 2.57 bits per heavy atom. The van der Waals surface area contributed by atoms with Crippen LogP contribution in [-0.2, 0) is 4.79 Å². The molecule has 0 aromatic carbocycles. The number of amides is 1. The molecule has 0 aromatic rings. The number of carbonyl (C=O) groups excluding carboxylic acids is 1. The van der Waals surface area contributed by atoms with Crippen LogP contribution in [0.5, 0.6) is 0 Å². The Morgan fingerprint density at radius 1 is 1.43 bits per heavy atom. The molecule has 0 unspecified atom stereocenters. The molecule has 5 nitrogen and oxygen atoms in total. The Labute approximate surface area is 120 Å². The Kier molecular flexibility index (Phi) is 4.23. The molecular formula is C13H16F3N3O2. The Bertz CT molecular complexity index is 492. The fourth-order valence-corrected chi connectivity index (χ4v) is 2.86. The van der Waals surface area contributed by atoms with Gasteiger partial charge in [0.15, 0.2) is 0 Å². The van der Waals surface area contributed by atoms with Gasteiger partial charge < -0.3 is 5.11 Å². The average molecular weight is 303 g/mol. The van der Waals surface area contributed by atoms with Crippen LogP contribution in [0.4, 0.5) is 13.2 Å². The summed E-state index contributed by atoms with van der Waals surface area (Å²) in [6.07, 6.45) is -2.22. The Balaban J connectivity index is 2.28. The zero-order valence-corrected chi connectivity index (χ0v) is 11.4. The van der Waals surface area contributed by atoms with Crippen LogP contribution in [0.25, 0.3) is 0 Å². The molecule has 1 aliphatic carbocycles. The van der Waals surface area contributed by atoms with Crippen LogP contribution in [0.2, 0.25) is 0 Å². The summed E-state index contributed by atoms with van der Waals surface area (Å²) in [6.45, 7) is 0. The van der Waals surface area contributed by atoms with Gasteiger partial charge in [0.05, 0.1) is 6.07 Å². The predicted molar refractivity (Wildman–Crippen MR) is 66.7 cm³/mol. The summed E-state index contributed by atoms with van der Waals surface area (Å²) in [5, 5.41) is 22.2. The first-order valence-corrected chi connectivity index (χ1v) is 6.86. The standard InChI is InChI=1S/C13H16F3N3O2/c14-13(15,16)12(21)8-10(9-4-2-1-3-5-9)18-19(12)11(20)6-7-17/h9,21H,1-6,8H2/t12-/m1/s1. The van der Waals surface area contributed by atoms with Gasteiger partial charge in [-0.05, 0) is 18.8 Å². The topological polar surface area (TPSA) is 76.7 Å². The van der Waals surface area contributed by atoms with Gasteiger partial charge in [-0.1, -0.05) is 19.3 Å². The van der Waals surface area contributed by atoms with Gasteiger partial charge in [0.2, 0.25) is 0 Å². The van der Waals surface area contributed by atoms with Crippen molar-refractivity contribution in [3.8, 4) is 6.07 Å². The van der Waals surface area contributed by atoms with Gasteiger partial charge >= 0.3 is 6.18 Å². The third kappa shape index (κ3) is 2.88. The van der Waals surface area contributed by atoms with Crippen molar-refractivity contribution in [1.82, 2.24) is 5.01 Å². The molecule has 2 aliphatic rings. The molecule has 0 saturated heterocycles. The number of alkyl halides is 3. The summed E-state index contributed by atoms with van der Waals surface area (Å²) < 4.78 is 39.4. The molecular weight excluding hydrogens is 287 g/mol. The minimum atomic E-state index is -5.02. The molecule has 0 aromatic heterocycles. The lowest BCUT2D eigenvalue weighted by molar-refractivity contribution is -0.302. The Morgan fingerprint density at radius 2 is 2.05 bits per heavy atom. The smallest absolute Gasteiger partial charge is 0.362 e. The molecule has 0 spiro atoms. The van der Waals surface area contributed by atoms with Crippen LogP contribution in [0.15, 0.2) is 5.10 Å². The second-order valence-corrected chi connectivity index (χ2v) is 5.46. The zero-order chi connectivity index (χ0) is 15.7. The number of carbonyl (C=O) groups is 1. The van der Waals surface area contributed by atoms with Gasteiger partial charge in [-0.3, -0.25) is 4.79 Å². The van der Waals surface area contributed by atoms with E-state index in [0.717, 1.165) is 19.3 Å². The molecule has 1 amide bonds. The van der Waals surface area contributed by atoms with E-state index in [9.17, 15) is 23.1 Å². The Hall–Kier alpha value is -1.62.